The fourth-order valence-corrected chi connectivity index (χ4v) is 3.39. The number of ether oxygens (including phenoxy) is 2. The molecule has 2 saturated heterocycles. The van der Waals surface area contributed by atoms with Crippen molar-refractivity contribution in [3.63, 3.8) is 0 Å². The van der Waals surface area contributed by atoms with Crippen molar-refractivity contribution < 1.29 is 9.47 Å². The number of hydrogen-bond donors (Lipinski definition) is 1. The van der Waals surface area contributed by atoms with E-state index in [2.05, 4.69) is 27.8 Å². The molecule has 2 aliphatic heterocycles. The van der Waals surface area contributed by atoms with Gasteiger partial charge in [0.15, 0.2) is 5.96 Å². The van der Waals surface area contributed by atoms with Crippen LogP contribution >= 0.6 is 0 Å². The van der Waals surface area contributed by atoms with Gasteiger partial charge >= 0.3 is 0 Å². The number of para-hydroxylation sites is 1. The van der Waals surface area contributed by atoms with Crippen molar-refractivity contribution in [2.24, 2.45) is 16.6 Å². The standard InChI is InChI=1S/C20H32N4O2/c1-17-6-8-24(9-7-17)20(21)22-16-18-4-2-3-5-19(18)26-15-12-23-10-13-25-14-11-23/h2-5,17H,6-16H2,1H3,(H2,21,22). The molecule has 0 unspecified atom stereocenters. The molecule has 0 aromatic heterocycles. The van der Waals surface area contributed by atoms with E-state index >= 15 is 0 Å². The van der Waals surface area contributed by atoms with Crippen LogP contribution in [0.15, 0.2) is 29.3 Å². The minimum atomic E-state index is 0.561. The van der Waals surface area contributed by atoms with Crippen LogP contribution in [0.3, 0.4) is 0 Å². The quantitative estimate of drug-likeness (QED) is 0.620. The van der Waals surface area contributed by atoms with E-state index in [0.29, 0.717) is 19.1 Å². The summed E-state index contributed by atoms with van der Waals surface area (Å²) in [4.78, 5) is 9.19. The fraction of sp³-hybridized carbons (Fsp3) is 0.650. The third kappa shape index (κ3) is 5.61. The molecule has 2 fully saturated rings. The van der Waals surface area contributed by atoms with E-state index in [1.807, 2.05) is 18.2 Å². The average Bonchev–Trinajstić information content (AvgIpc) is 2.68. The zero-order valence-electron chi connectivity index (χ0n) is 15.9. The molecule has 3 rings (SSSR count). The normalized spacial score (nSPS) is 20.3. The number of guanidine groups is 1. The Balaban J connectivity index is 1.50. The molecule has 1 aromatic carbocycles. The molecule has 0 bridgehead atoms. The Bertz CT molecular complexity index is 579. The zero-order chi connectivity index (χ0) is 18.2. The smallest absolute Gasteiger partial charge is 0.191 e. The lowest BCUT2D eigenvalue weighted by atomic mass is 10.00. The number of nitrogens with zero attached hydrogens (tertiary/aromatic N) is 3. The molecule has 0 atom stereocenters. The van der Waals surface area contributed by atoms with Crippen molar-refractivity contribution in [2.45, 2.75) is 26.3 Å². The highest BCUT2D eigenvalue weighted by Gasteiger charge is 2.17. The third-order valence-corrected chi connectivity index (χ3v) is 5.26. The van der Waals surface area contributed by atoms with Gasteiger partial charge in [0.05, 0.1) is 19.8 Å². The topological polar surface area (TPSA) is 63.3 Å². The first-order chi connectivity index (χ1) is 12.7. The lowest BCUT2D eigenvalue weighted by molar-refractivity contribution is 0.0322. The van der Waals surface area contributed by atoms with Gasteiger partial charge in [0, 0.05) is 38.3 Å². The van der Waals surface area contributed by atoms with Crippen LogP contribution in [0.1, 0.15) is 25.3 Å². The zero-order valence-corrected chi connectivity index (χ0v) is 15.9. The summed E-state index contributed by atoms with van der Waals surface area (Å²) in [7, 11) is 0. The second-order valence-electron chi connectivity index (χ2n) is 7.25. The molecule has 6 heteroatoms. The Morgan fingerprint density at radius 1 is 1.19 bits per heavy atom. The van der Waals surface area contributed by atoms with Crippen LogP contribution in [0.4, 0.5) is 0 Å². The Morgan fingerprint density at radius 3 is 2.69 bits per heavy atom. The number of likely N-dealkylation sites (tertiary alicyclic amines) is 1. The van der Waals surface area contributed by atoms with Crippen LogP contribution in [0.25, 0.3) is 0 Å². The number of nitrogens with two attached hydrogens (primary N) is 1. The summed E-state index contributed by atoms with van der Waals surface area (Å²) in [6.07, 6.45) is 2.38. The maximum Gasteiger partial charge on any atom is 0.191 e. The van der Waals surface area contributed by atoms with Crippen molar-refractivity contribution in [1.29, 1.82) is 0 Å². The lowest BCUT2D eigenvalue weighted by Crippen LogP contribution is -2.42. The number of aliphatic imine (C=N–C) groups is 1. The number of piperidine rings is 1. The molecule has 0 spiro atoms. The SMILES string of the molecule is CC1CCN(C(N)=NCc2ccccc2OCCN2CCOCC2)CC1. The van der Waals surface area contributed by atoms with Crippen LogP contribution in [-0.2, 0) is 11.3 Å². The molecule has 1 aromatic rings. The number of benzene rings is 1. The molecular weight excluding hydrogens is 328 g/mol. The molecule has 2 aliphatic rings. The minimum absolute atomic E-state index is 0.561. The lowest BCUT2D eigenvalue weighted by Gasteiger charge is -2.31. The molecule has 0 amide bonds. The van der Waals surface area contributed by atoms with Gasteiger partial charge in [0.1, 0.15) is 12.4 Å². The molecule has 0 radical (unpaired) electrons. The summed E-state index contributed by atoms with van der Waals surface area (Å²) in [5.74, 6) is 2.35. The maximum atomic E-state index is 6.21. The van der Waals surface area contributed by atoms with Gasteiger partial charge in [0.25, 0.3) is 0 Å². The largest absolute Gasteiger partial charge is 0.492 e. The monoisotopic (exact) mass is 360 g/mol. The first kappa shape index (κ1) is 19.0. The van der Waals surface area contributed by atoms with Crippen molar-refractivity contribution in [3.8, 4) is 5.75 Å². The average molecular weight is 361 g/mol. The van der Waals surface area contributed by atoms with E-state index in [1.54, 1.807) is 0 Å². The van der Waals surface area contributed by atoms with Crippen molar-refractivity contribution in [3.05, 3.63) is 29.8 Å². The highest BCUT2D eigenvalue weighted by atomic mass is 16.5. The van der Waals surface area contributed by atoms with Gasteiger partial charge in [-0.25, -0.2) is 4.99 Å². The summed E-state index contributed by atoms with van der Waals surface area (Å²) in [6, 6.07) is 8.12. The minimum Gasteiger partial charge on any atom is -0.492 e. The van der Waals surface area contributed by atoms with Crippen LogP contribution in [0.5, 0.6) is 5.75 Å². The first-order valence-electron chi connectivity index (χ1n) is 9.78. The van der Waals surface area contributed by atoms with Crippen molar-refractivity contribution >= 4 is 5.96 Å². The van der Waals surface area contributed by atoms with Gasteiger partial charge < -0.3 is 20.1 Å². The molecule has 0 saturated carbocycles. The summed E-state index contributed by atoms with van der Waals surface area (Å²) >= 11 is 0. The summed E-state index contributed by atoms with van der Waals surface area (Å²) in [6.45, 7) is 10.1. The molecular formula is C20H32N4O2. The van der Waals surface area contributed by atoms with Crippen LogP contribution in [-0.4, -0.2) is 68.3 Å². The van der Waals surface area contributed by atoms with Gasteiger partial charge in [0.2, 0.25) is 0 Å². The first-order valence-corrected chi connectivity index (χ1v) is 9.78. The molecule has 144 valence electrons. The Morgan fingerprint density at radius 2 is 1.92 bits per heavy atom. The van der Waals surface area contributed by atoms with Crippen LogP contribution < -0.4 is 10.5 Å². The Labute approximate surface area is 157 Å². The molecule has 0 aliphatic carbocycles. The fourth-order valence-electron chi connectivity index (χ4n) is 3.39. The van der Waals surface area contributed by atoms with E-state index in [-0.39, 0.29) is 0 Å². The van der Waals surface area contributed by atoms with Crippen molar-refractivity contribution in [1.82, 2.24) is 9.80 Å². The van der Waals surface area contributed by atoms with Gasteiger partial charge in [-0.15, -0.1) is 0 Å². The maximum absolute atomic E-state index is 6.21. The highest BCUT2D eigenvalue weighted by Crippen LogP contribution is 2.20. The van der Waals surface area contributed by atoms with Crippen molar-refractivity contribution in [2.75, 3.05) is 52.5 Å². The number of hydrogen-bond acceptors (Lipinski definition) is 4. The molecule has 2 N–H and O–H groups in total. The summed E-state index contributed by atoms with van der Waals surface area (Å²) in [5, 5.41) is 0. The number of morpholine rings is 1. The van der Waals surface area contributed by atoms with E-state index in [4.69, 9.17) is 15.2 Å². The second kappa shape index (κ2) is 9.78. The van der Waals surface area contributed by atoms with Gasteiger partial charge in [-0.3, -0.25) is 4.90 Å². The van der Waals surface area contributed by atoms with E-state index in [9.17, 15) is 0 Å². The molecule has 6 nitrogen and oxygen atoms in total. The Kier molecular flexibility index (Phi) is 7.14. The van der Waals surface area contributed by atoms with E-state index in [1.165, 1.54) is 12.8 Å². The van der Waals surface area contributed by atoms with Gasteiger partial charge in [-0.1, -0.05) is 25.1 Å². The van der Waals surface area contributed by atoms with Crippen LogP contribution in [0, 0.1) is 5.92 Å². The Hall–Kier alpha value is -1.79. The van der Waals surface area contributed by atoms with Gasteiger partial charge in [-0.2, -0.15) is 0 Å². The molecule has 26 heavy (non-hydrogen) atoms. The predicted octanol–water partition coefficient (Wildman–Crippen LogP) is 1.94. The number of rotatable bonds is 6. The molecule has 2 heterocycles. The van der Waals surface area contributed by atoms with Crippen LogP contribution in [0.2, 0.25) is 0 Å². The summed E-state index contributed by atoms with van der Waals surface area (Å²) in [5.41, 5.74) is 7.29. The van der Waals surface area contributed by atoms with E-state index in [0.717, 1.165) is 63.2 Å². The highest BCUT2D eigenvalue weighted by molar-refractivity contribution is 5.78. The summed E-state index contributed by atoms with van der Waals surface area (Å²) < 4.78 is 11.4. The second-order valence-corrected chi connectivity index (χ2v) is 7.25. The van der Waals surface area contributed by atoms with Gasteiger partial charge in [-0.05, 0) is 24.8 Å². The third-order valence-electron chi connectivity index (χ3n) is 5.26. The van der Waals surface area contributed by atoms with E-state index < -0.39 is 0 Å². The predicted molar refractivity (Wildman–Crippen MR) is 104 cm³/mol.